The van der Waals surface area contributed by atoms with Gasteiger partial charge in [0, 0.05) is 11.8 Å². The van der Waals surface area contributed by atoms with Crippen molar-refractivity contribution < 1.29 is 4.79 Å². The SMILES string of the molecule is CCCCCC(=O)C(C)(C)c1ccc(C)cc1. The van der Waals surface area contributed by atoms with Gasteiger partial charge in [-0.05, 0) is 32.8 Å². The van der Waals surface area contributed by atoms with E-state index in [1.54, 1.807) is 0 Å². The first kappa shape index (κ1) is 14.0. The van der Waals surface area contributed by atoms with Crippen molar-refractivity contribution in [2.24, 2.45) is 0 Å². The molecule has 0 aromatic heterocycles. The zero-order valence-electron chi connectivity index (χ0n) is 11.5. The predicted octanol–water partition coefficient (Wildman–Crippen LogP) is 4.42. The molecule has 17 heavy (non-hydrogen) atoms. The van der Waals surface area contributed by atoms with Crippen molar-refractivity contribution >= 4 is 5.78 Å². The van der Waals surface area contributed by atoms with E-state index in [2.05, 4.69) is 38.1 Å². The van der Waals surface area contributed by atoms with Crippen LogP contribution in [0.2, 0.25) is 0 Å². The molecule has 0 saturated heterocycles. The number of carbonyl (C=O) groups is 1. The van der Waals surface area contributed by atoms with Crippen molar-refractivity contribution in [2.45, 2.75) is 58.8 Å². The molecule has 0 spiro atoms. The van der Waals surface area contributed by atoms with Gasteiger partial charge in [0.05, 0.1) is 0 Å². The highest BCUT2D eigenvalue weighted by Crippen LogP contribution is 2.26. The zero-order chi connectivity index (χ0) is 12.9. The van der Waals surface area contributed by atoms with Gasteiger partial charge in [0.25, 0.3) is 0 Å². The summed E-state index contributed by atoms with van der Waals surface area (Å²) in [5.74, 6) is 0.356. The van der Waals surface area contributed by atoms with E-state index in [0.717, 1.165) is 24.8 Å². The van der Waals surface area contributed by atoms with Crippen molar-refractivity contribution in [3.05, 3.63) is 35.4 Å². The zero-order valence-corrected chi connectivity index (χ0v) is 11.5. The Labute approximate surface area is 105 Å². The van der Waals surface area contributed by atoms with Crippen LogP contribution in [-0.4, -0.2) is 5.78 Å². The van der Waals surface area contributed by atoms with E-state index in [1.165, 1.54) is 5.56 Å². The summed E-state index contributed by atoms with van der Waals surface area (Å²) in [6.07, 6.45) is 4.04. The van der Waals surface area contributed by atoms with Crippen LogP contribution in [0, 0.1) is 6.92 Å². The van der Waals surface area contributed by atoms with Crippen LogP contribution in [0.3, 0.4) is 0 Å². The van der Waals surface area contributed by atoms with E-state index in [4.69, 9.17) is 0 Å². The molecule has 0 aliphatic carbocycles. The fourth-order valence-corrected chi connectivity index (χ4v) is 1.98. The maximum atomic E-state index is 12.2. The number of hydrogen-bond donors (Lipinski definition) is 0. The first-order valence-corrected chi connectivity index (χ1v) is 6.59. The van der Waals surface area contributed by atoms with Crippen molar-refractivity contribution in [1.82, 2.24) is 0 Å². The first-order valence-electron chi connectivity index (χ1n) is 6.59. The maximum absolute atomic E-state index is 12.2. The molecule has 0 aliphatic rings. The number of benzene rings is 1. The average Bonchev–Trinajstić information content (AvgIpc) is 2.29. The van der Waals surface area contributed by atoms with E-state index < -0.39 is 0 Å². The van der Waals surface area contributed by atoms with Crippen molar-refractivity contribution in [3.63, 3.8) is 0 Å². The number of carbonyl (C=O) groups excluding carboxylic acids is 1. The second kappa shape index (κ2) is 6.00. The molecular formula is C16H24O. The van der Waals surface area contributed by atoms with Gasteiger partial charge < -0.3 is 0 Å². The molecule has 0 atom stereocenters. The van der Waals surface area contributed by atoms with Gasteiger partial charge >= 0.3 is 0 Å². The Hall–Kier alpha value is -1.11. The fraction of sp³-hybridized carbons (Fsp3) is 0.562. The molecule has 1 nitrogen and oxygen atoms in total. The third-order valence-electron chi connectivity index (χ3n) is 3.48. The summed E-state index contributed by atoms with van der Waals surface area (Å²) in [4.78, 5) is 12.2. The molecule has 0 fully saturated rings. The van der Waals surface area contributed by atoms with Gasteiger partial charge in [-0.2, -0.15) is 0 Å². The molecule has 0 bridgehead atoms. The molecule has 0 amide bonds. The van der Waals surface area contributed by atoms with Crippen LogP contribution in [0.25, 0.3) is 0 Å². The Balaban J connectivity index is 2.72. The van der Waals surface area contributed by atoms with E-state index in [-0.39, 0.29) is 5.41 Å². The molecule has 0 N–H and O–H groups in total. The minimum absolute atomic E-state index is 0.346. The van der Waals surface area contributed by atoms with Crippen molar-refractivity contribution in [2.75, 3.05) is 0 Å². The van der Waals surface area contributed by atoms with Gasteiger partial charge in [0.1, 0.15) is 5.78 Å². The summed E-state index contributed by atoms with van der Waals surface area (Å²) in [6, 6.07) is 8.31. The standard InChI is InChI=1S/C16H24O/c1-5-6-7-8-15(17)16(3,4)14-11-9-13(2)10-12-14/h9-12H,5-8H2,1-4H3. The van der Waals surface area contributed by atoms with Crippen LogP contribution >= 0.6 is 0 Å². The number of unbranched alkanes of at least 4 members (excludes halogenated alkanes) is 2. The van der Waals surface area contributed by atoms with E-state index in [0.29, 0.717) is 12.2 Å². The van der Waals surface area contributed by atoms with Crippen LogP contribution in [0.5, 0.6) is 0 Å². The third-order valence-corrected chi connectivity index (χ3v) is 3.48. The summed E-state index contributed by atoms with van der Waals surface area (Å²) in [6.45, 7) is 8.30. The quantitative estimate of drug-likeness (QED) is 0.663. The number of rotatable bonds is 6. The van der Waals surface area contributed by atoms with Gasteiger partial charge in [0.2, 0.25) is 0 Å². The molecular weight excluding hydrogens is 208 g/mol. The molecule has 1 aromatic carbocycles. The number of aryl methyl sites for hydroxylation is 1. The Kier molecular flexibility index (Phi) is 4.92. The van der Waals surface area contributed by atoms with Gasteiger partial charge in [-0.25, -0.2) is 0 Å². The summed E-state index contributed by atoms with van der Waals surface area (Å²) < 4.78 is 0. The topological polar surface area (TPSA) is 17.1 Å². The molecule has 1 heteroatoms. The second-order valence-corrected chi connectivity index (χ2v) is 5.37. The molecule has 0 radical (unpaired) electrons. The van der Waals surface area contributed by atoms with Gasteiger partial charge in [-0.1, -0.05) is 49.6 Å². The molecule has 1 aromatic rings. The lowest BCUT2D eigenvalue weighted by molar-refractivity contribution is -0.123. The second-order valence-electron chi connectivity index (χ2n) is 5.37. The lowest BCUT2D eigenvalue weighted by Gasteiger charge is -2.24. The summed E-state index contributed by atoms with van der Waals surface area (Å²) in [7, 11) is 0. The summed E-state index contributed by atoms with van der Waals surface area (Å²) in [5, 5.41) is 0. The van der Waals surface area contributed by atoms with Crippen molar-refractivity contribution in [1.29, 1.82) is 0 Å². The maximum Gasteiger partial charge on any atom is 0.142 e. The smallest absolute Gasteiger partial charge is 0.142 e. The predicted molar refractivity (Wildman–Crippen MR) is 73.4 cm³/mol. The lowest BCUT2D eigenvalue weighted by atomic mass is 9.78. The minimum Gasteiger partial charge on any atom is -0.299 e. The fourth-order valence-electron chi connectivity index (χ4n) is 1.98. The Morgan fingerprint density at radius 1 is 1.12 bits per heavy atom. The van der Waals surface area contributed by atoms with Crippen LogP contribution in [0.4, 0.5) is 0 Å². The highest BCUT2D eigenvalue weighted by Gasteiger charge is 2.28. The largest absolute Gasteiger partial charge is 0.299 e. The number of hydrogen-bond acceptors (Lipinski definition) is 1. The van der Waals surface area contributed by atoms with Crippen LogP contribution < -0.4 is 0 Å². The van der Waals surface area contributed by atoms with Crippen LogP contribution in [0.15, 0.2) is 24.3 Å². The third kappa shape index (κ3) is 3.69. The molecule has 1 rings (SSSR count). The Bertz CT molecular complexity index is 360. The molecule has 94 valence electrons. The van der Waals surface area contributed by atoms with E-state index >= 15 is 0 Å². The van der Waals surface area contributed by atoms with E-state index in [9.17, 15) is 4.79 Å². The highest BCUT2D eigenvalue weighted by molar-refractivity contribution is 5.89. The van der Waals surface area contributed by atoms with Gasteiger partial charge in [0.15, 0.2) is 0 Å². The molecule has 0 saturated carbocycles. The molecule has 0 heterocycles. The lowest BCUT2D eigenvalue weighted by Crippen LogP contribution is -2.28. The van der Waals surface area contributed by atoms with Crippen molar-refractivity contribution in [3.8, 4) is 0 Å². The first-order chi connectivity index (χ1) is 7.98. The average molecular weight is 232 g/mol. The monoisotopic (exact) mass is 232 g/mol. The number of Topliss-reactive ketones (excluding diaryl/α,β-unsaturated/α-hetero) is 1. The summed E-state index contributed by atoms with van der Waals surface area (Å²) in [5.41, 5.74) is 2.02. The Morgan fingerprint density at radius 3 is 2.24 bits per heavy atom. The van der Waals surface area contributed by atoms with E-state index in [1.807, 2.05) is 13.8 Å². The van der Waals surface area contributed by atoms with Crippen LogP contribution in [-0.2, 0) is 10.2 Å². The minimum atomic E-state index is -0.346. The normalized spacial score (nSPS) is 11.5. The van der Waals surface area contributed by atoms with Gasteiger partial charge in [-0.3, -0.25) is 4.79 Å². The van der Waals surface area contributed by atoms with Gasteiger partial charge in [-0.15, -0.1) is 0 Å². The Morgan fingerprint density at radius 2 is 1.71 bits per heavy atom. The summed E-state index contributed by atoms with van der Waals surface area (Å²) >= 11 is 0. The number of ketones is 1. The van der Waals surface area contributed by atoms with Crippen LogP contribution in [0.1, 0.15) is 57.6 Å². The molecule has 0 unspecified atom stereocenters. The highest BCUT2D eigenvalue weighted by atomic mass is 16.1. The molecule has 0 aliphatic heterocycles.